The molecule has 1 fully saturated rings. The molecule has 1 saturated carbocycles. The molecule has 0 heterocycles. The standard InChI is InChI=1S/C24H24N2O4/c1-2-12-24-13-11-15(14-24)20(22(29)25-16-3-7-18(27)8-4-16)21(24)23(30)26-17-5-9-19(28)10-6-17/h2-11,13,15,20-21,27-28H,1,12,14H2,(H,25,29)(H,26,30). The van der Waals surface area contributed by atoms with E-state index < -0.39 is 17.3 Å². The van der Waals surface area contributed by atoms with E-state index in [1.54, 1.807) is 30.3 Å². The number of anilines is 2. The smallest absolute Gasteiger partial charge is 0.229 e. The number of phenolic OH excluding ortho intramolecular Hbond substituents is 2. The van der Waals surface area contributed by atoms with Crippen LogP contribution in [0.4, 0.5) is 11.4 Å². The Labute approximate surface area is 174 Å². The van der Waals surface area contributed by atoms with Gasteiger partial charge in [-0.3, -0.25) is 9.59 Å². The van der Waals surface area contributed by atoms with E-state index in [2.05, 4.69) is 23.3 Å². The van der Waals surface area contributed by atoms with Crippen molar-refractivity contribution in [1.29, 1.82) is 0 Å². The highest BCUT2D eigenvalue weighted by Crippen LogP contribution is 2.59. The van der Waals surface area contributed by atoms with Crippen molar-refractivity contribution in [3.05, 3.63) is 73.3 Å². The lowest BCUT2D eigenvalue weighted by Crippen LogP contribution is -2.43. The van der Waals surface area contributed by atoms with Gasteiger partial charge in [-0.15, -0.1) is 6.58 Å². The number of allylic oxidation sites excluding steroid dienone is 3. The van der Waals surface area contributed by atoms with E-state index in [1.165, 1.54) is 24.3 Å². The maximum Gasteiger partial charge on any atom is 0.229 e. The normalized spacial score (nSPS) is 26.3. The lowest BCUT2D eigenvalue weighted by molar-refractivity contribution is -0.131. The second-order valence-corrected chi connectivity index (χ2v) is 8.03. The quantitative estimate of drug-likeness (QED) is 0.431. The summed E-state index contributed by atoms with van der Waals surface area (Å²) < 4.78 is 0. The van der Waals surface area contributed by atoms with Crippen molar-refractivity contribution in [1.82, 2.24) is 0 Å². The molecule has 4 atom stereocenters. The second-order valence-electron chi connectivity index (χ2n) is 8.03. The van der Waals surface area contributed by atoms with Crippen molar-refractivity contribution in [2.75, 3.05) is 10.6 Å². The Morgan fingerprint density at radius 3 is 2.03 bits per heavy atom. The highest BCUT2D eigenvalue weighted by Gasteiger charge is 2.59. The van der Waals surface area contributed by atoms with Crippen molar-refractivity contribution in [2.45, 2.75) is 12.8 Å². The van der Waals surface area contributed by atoms with Gasteiger partial charge in [-0.2, -0.15) is 0 Å². The Hall–Kier alpha value is -3.54. The molecule has 30 heavy (non-hydrogen) atoms. The summed E-state index contributed by atoms with van der Waals surface area (Å²) in [7, 11) is 0. The minimum atomic E-state index is -0.545. The molecule has 2 aromatic carbocycles. The summed E-state index contributed by atoms with van der Waals surface area (Å²) in [6.07, 6.45) is 7.23. The van der Waals surface area contributed by atoms with Gasteiger partial charge in [0, 0.05) is 16.8 Å². The predicted octanol–water partition coefficient (Wildman–Crippen LogP) is 4.06. The first-order valence-electron chi connectivity index (χ1n) is 9.92. The molecule has 0 aromatic heterocycles. The highest BCUT2D eigenvalue weighted by molar-refractivity contribution is 6.01. The Kier molecular flexibility index (Phi) is 5.08. The Morgan fingerprint density at radius 2 is 1.50 bits per heavy atom. The first kappa shape index (κ1) is 19.8. The summed E-state index contributed by atoms with van der Waals surface area (Å²) in [5.74, 6) is -1.29. The van der Waals surface area contributed by atoms with Crippen molar-refractivity contribution >= 4 is 23.2 Å². The molecule has 0 aliphatic heterocycles. The number of rotatable bonds is 6. The van der Waals surface area contributed by atoms with E-state index >= 15 is 0 Å². The SMILES string of the molecule is C=CCC12C=CC(C1)C(C(=O)Nc1ccc(O)cc1)C2C(=O)Nc1ccc(O)cc1. The zero-order chi connectivity index (χ0) is 21.3. The molecule has 0 saturated heterocycles. The average Bonchev–Trinajstić information content (AvgIpc) is 3.28. The second kappa shape index (κ2) is 7.71. The minimum Gasteiger partial charge on any atom is -0.508 e. The number of nitrogens with one attached hydrogen (secondary N) is 2. The molecule has 2 aliphatic carbocycles. The number of carbonyl (C=O) groups excluding carboxylic acids is 2. The predicted molar refractivity (Wildman–Crippen MR) is 115 cm³/mol. The monoisotopic (exact) mass is 404 g/mol. The molecule has 4 rings (SSSR count). The van der Waals surface area contributed by atoms with Crippen LogP contribution in [0, 0.1) is 23.2 Å². The van der Waals surface area contributed by atoms with Crippen molar-refractivity contribution in [2.24, 2.45) is 23.2 Å². The van der Waals surface area contributed by atoms with Gasteiger partial charge in [-0.1, -0.05) is 18.2 Å². The summed E-state index contributed by atoms with van der Waals surface area (Å²) in [6, 6.07) is 12.5. The molecular weight excluding hydrogens is 380 g/mol. The molecule has 2 amide bonds. The molecule has 0 radical (unpaired) electrons. The van der Waals surface area contributed by atoms with Crippen LogP contribution < -0.4 is 10.6 Å². The molecule has 4 unspecified atom stereocenters. The number of hydrogen-bond donors (Lipinski definition) is 4. The van der Waals surface area contributed by atoms with Gasteiger partial charge in [0.1, 0.15) is 11.5 Å². The molecular formula is C24H24N2O4. The van der Waals surface area contributed by atoms with Crippen molar-refractivity contribution in [3.63, 3.8) is 0 Å². The lowest BCUT2D eigenvalue weighted by Gasteiger charge is -2.34. The van der Waals surface area contributed by atoms with E-state index in [9.17, 15) is 19.8 Å². The van der Waals surface area contributed by atoms with Gasteiger partial charge in [-0.25, -0.2) is 0 Å². The summed E-state index contributed by atoms with van der Waals surface area (Å²) in [5.41, 5.74) is 0.695. The molecule has 4 N–H and O–H groups in total. The third-order valence-electron chi connectivity index (χ3n) is 6.11. The van der Waals surface area contributed by atoms with Crippen LogP contribution >= 0.6 is 0 Å². The Bertz CT molecular complexity index is 997. The number of benzene rings is 2. The van der Waals surface area contributed by atoms with E-state index in [-0.39, 0.29) is 29.2 Å². The first-order valence-corrected chi connectivity index (χ1v) is 9.92. The fraction of sp³-hybridized carbons (Fsp3) is 0.250. The summed E-state index contributed by atoms with van der Waals surface area (Å²) in [5, 5.41) is 24.7. The van der Waals surface area contributed by atoms with Gasteiger partial charge < -0.3 is 20.8 Å². The molecule has 2 aliphatic rings. The van der Waals surface area contributed by atoms with Crippen molar-refractivity contribution in [3.8, 4) is 11.5 Å². The van der Waals surface area contributed by atoms with Gasteiger partial charge >= 0.3 is 0 Å². The van der Waals surface area contributed by atoms with Crippen LogP contribution in [0.2, 0.25) is 0 Å². The van der Waals surface area contributed by atoms with Gasteiger partial charge in [0.15, 0.2) is 0 Å². The zero-order valence-electron chi connectivity index (χ0n) is 16.4. The highest BCUT2D eigenvalue weighted by atomic mass is 16.3. The largest absolute Gasteiger partial charge is 0.508 e. The average molecular weight is 404 g/mol. The molecule has 2 aromatic rings. The van der Waals surface area contributed by atoms with Gasteiger partial charge in [-0.05, 0) is 67.3 Å². The van der Waals surface area contributed by atoms with Gasteiger partial charge in [0.2, 0.25) is 11.8 Å². The summed E-state index contributed by atoms with van der Waals surface area (Å²) in [4.78, 5) is 26.5. The number of amides is 2. The number of aromatic hydroxyl groups is 2. The van der Waals surface area contributed by atoms with Gasteiger partial charge in [0.25, 0.3) is 0 Å². The third-order valence-corrected chi connectivity index (χ3v) is 6.11. The minimum absolute atomic E-state index is 0.0300. The first-order chi connectivity index (χ1) is 14.4. The third kappa shape index (κ3) is 3.56. The number of phenols is 2. The maximum atomic E-state index is 13.3. The number of hydrogen-bond acceptors (Lipinski definition) is 4. The molecule has 154 valence electrons. The number of carbonyl (C=O) groups is 2. The number of fused-ring (bicyclic) bond motifs is 2. The summed E-state index contributed by atoms with van der Waals surface area (Å²) >= 11 is 0. The van der Waals surface area contributed by atoms with E-state index in [1.807, 2.05) is 6.08 Å². The van der Waals surface area contributed by atoms with Crippen LogP contribution in [0.15, 0.2) is 73.3 Å². The lowest BCUT2D eigenvalue weighted by atomic mass is 9.70. The van der Waals surface area contributed by atoms with Crippen LogP contribution in [0.5, 0.6) is 11.5 Å². The Balaban J connectivity index is 1.60. The van der Waals surface area contributed by atoms with E-state index in [4.69, 9.17) is 0 Å². The Morgan fingerprint density at radius 1 is 0.967 bits per heavy atom. The van der Waals surface area contributed by atoms with Gasteiger partial charge in [0.05, 0.1) is 11.8 Å². The molecule has 6 heteroatoms. The van der Waals surface area contributed by atoms with Crippen molar-refractivity contribution < 1.29 is 19.8 Å². The van der Waals surface area contributed by atoms with Crippen LogP contribution in [-0.2, 0) is 9.59 Å². The van der Waals surface area contributed by atoms with Crippen LogP contribution in [0.1, 0.15) is 12.8 Å². The van der Waals surface area contributed by atoms with E-state index in [0.717, 1.165) is 6.42 Å². The fourth-order valence-electron chi connectivity index (χ4n) is 4.82. The van der Waals surface area contributed by atoms with Crippen LogP contribution in [0.25, 0.3) is 0 Å². The summed E-state index contributed by atoms with van der Waals surface area (Å²) in [6.45, 7) is 3.85. The fourth-order valence-corrected chi connectivity index (χ4v) is 4.82. The topological polar surface area (TPSA) is 98.7 Å². The maximum absolute atomic E-state index is 13.3. The van der Waals surface area contributed by atoms with Crippen LogP contribution in [0.3, 0.4) is 0 Å². The zero-order valence-corrected chi connectivity index (χ0v) is 16.4. The molecule has 2 bridgehead atoms. The molecule has 0 spiro atoms. The molecule has 6 nitrogen and oxygen atoms in total. The van der Waals surface area contributed by atoms with Crippen LogP contribution in [-0.4, -0.2) is 22.0 Å². The van der Waals surface area contributed by atoms with E-state index in [0.29, 0.717) is 17.8 Å².